The van der Waals surface area contributed by atoms with Crippen molar-refractivity contribution in [3.63, 3.8) is 0 Å². The third-order valence-corrected chi connectivity index (χ3v) is 1.53. The van der Waals surface area contributed by atoms with Gasteiger partial charge in [0.05, 0.1) is 0 Å². The molecule has 0 aromatic carbocycles. The molecule has 3 atom stereocenters. The van der Waals surface area contributed by atoms with Crippen LogP contribution < -0.4 is 0 Å². The van der Waals surface area contributed by atoms with Crippen molar-refractivity contribution in [1.82, 2.24) is 0 Å². The molecule has 5 heteroatoms. The minimum atomic E-state index is -1.64. The number of aliphatic hydroxyl groups excluding tert-OH is 4. The van der Waals surface area contributed by atoms with E-state index >= 15 is 0 Å². The van der Waals surface area contributed by atoms with Gasteiger partial charge in [0.2, 0.25) is 0 Å². The van der Waals surface area contributed by atoms with Gasteiger partial charge in [-0.05, 0) is 0 Å². The highest BCUT2D eigenvalue weighted by atomic mass is 16.4. The maximum atomic E-state index is 10.6. The summed E-state index contributed by atoms with van der Waals surface area (Å²) in [6.07, 6.45) is -4.14. The van der Waals surface area contributed by atoms with Crippen LogP contribution in [0.5, 0.6) is 0 Å². The van der Waals surface area contributed by atoms with Crippen molar-refractivity contribution >= 4 is 5.78 Å². The molecule has 62 valence electrons. The fourth-order valence-corrected chi connectivity index (χ4v) is 0.832. The zero-order chi connectivity index (χ0) is 8.59. The summed E-state index contributed by atoms with van der Waals surface area (Å²) in [7, 11) is 0. The molecule has 0 aromatic rings. The zero-order valence-corrected chi connectivity index (χ0v) is 5.51. The SMILES string of the molecule is O=C1C=C(O)[C@@H](O)[C@H](O)[C@H]1O. The average Bonchev–Trinajstić information content (AvgIpc) is 1.97. The van der Waals surface area contributed by atoms with E-state index in [1.807, 2.05) is 0 Å². The normalized spacial score (nSPS) is 38.6. The van der Waals surface area contributed by atoms with Crippen LogP contribution in [0.4, 0.5) is 0 Å². The molecular weight excluding hydrogens is 152 g/mol. The van der Waals surface area contributed by atoms with Crippen LogP contribution in [0.25, 0.3) is 0 Å². The van der Waals surface area contributed by atoms with Gasteiger partial charge >= 0.3 is 0 Å². The lowest BCUT2D eigenvalue weighted by Crippen LogP contribution is -2.46. The number of ketones is 1. The maximum Gasteiger partial charge on any atom is 0.190 e. The molecule has 0 amide bonds. The minimum Gasteiger partial charge on any atom is -0.509 e. The van der Waals surface area contributed by atoms with Gasteiger partial charge in [-0.25, -0.2) is 0 Å². The summed E-state index contributed by atoms with van der Waals surface area (Å²) in [5.74, 6) is -1.42. The summed E-state index contributed by atoms with van der Waals surface area (Å²) in [5.41, 5.74) is 0. The van der Waals surface area contributed by atoms with Crippen LogP contribution in [0.3, 0.4) is 0 Å². The first-order valence-corrected chi connectivity index (χ1v) is 3.02. The largest absolute Gasteiger partial charge is 0.509 e. The van der Waals surface area contributed by atoms with Gasteiger partial charge in [-0.3, -0.25) is 4.79 Å². The van der Waals surface area contributed by atoms with Crippen LogP contribution in [0.2, 0.25) is 0 Å². The molecule has 5 nitrogen and oxygen atoms in total. The molecule has 0 fully saturated rings. The first-order valence-electron chi connectivity index (χ1n) is 3.02. The summed E-state index contributed by atoms with van der Waals surface area (Å²) < 4.78 is 0. The highest BCUT2D eigenvalue weighted by Crippen LogP contribution is 2.14. The fourth-order valence-electron chi connectivity index (χ4n) is 0.832. The van der Waals surface area contributed by atoms with E-state index in [-0.39, 0.29) is 0 Å². The second-order valence-electron chi connectivity index (χ2n) is 2.35. The Morgan fingerprint density at radius 2 is 1.73 bits per heavy atom. The Morgan fingerprint density at radius 3 is 2.27 bits per heavy atom. The standard InChI is InChI=1S/C6H8O5/c7-2-1-3(8)5(10)6(11)4(2)9/h1,4-7,9-11H/t4-,5+,6+/m1/s1. The molecule has 0 saturated carbocycles. The highest BCUT2D eigenvalue weighted by Gasteiger charge is 2.36. The molecule has 0 spiro atoms. The summed E-state index contributed by atoms with van der Waals surface area (Å²) in [4.78, 5) is 10.6. The summed E-state index contributed by atoms with van der Waals surface area (Å²) in [6.45, 7) is 0. The topological polar surface area (TPSA) is 98.0 Å². The van der Waals surface area contributed by atoms with Crippen molar-refractivity contribution in [1.29, 1.82) is 0 Å². The van der Waals surface area contributed by atoms with E-state index < -0.39 is 29.9 Å². The number of hydrogen-bond donors (Lipinski definition) is 4. The van der Waals surface area contributed by atoms with E-state index in [1.54, 1.807) is 0 Å². The van der Waals surface area contributed by atoms with Gasteiger partial charge in [0.15, 0.2) is 5.78 Å². The van der Waals surface area contributed by atoms with Crippen molar-refractivity contribution in [3.05, 3.63) is 11.8 Å². The van der Waals surface area contributed by atoms with Crippen LogP contribution in [0.1, 0.15) is 0 Å². The van der Waals surface area contributed by atoms with Crippen LogP contribution in [0, 0.1) is 0 Å². The molecule has 0 heterocycles. The molecule has 1 aliphatic rings. The van der Waals surface area contributed by atoms with Gasteiger partial charge in [-0.15, -0.1) is 0 Å². The summed E-state index contributed by atoms with van der Waals surface area (Å²) >= 11 is 0. The van der Waals surface area contributed by atoms with Crippen molar-refractivity contribution in [2.75, 3.05) is 0 Å². The lowest BCUT2D eigenvalue weighted by Gasteiger charge is -2.24. The quantitative estimate of drug-likeness (QED) is 0.331. The third-order valence-electron chi connectivity index (χ3n) is 1.53. The van der Waals surface area contributed by atoms with Crippen molar-refractivity contribution < 1.29 is 25.2 Å². The van der Waals surface area contributed by atoms with Crippen molar-refractivity contribution in [2.45, 2.75) is 18.3 Å². The first kappa shape index (κ1) is 8.19. The molecule has 0 unspecified atom stereocenters. The zero-order valence-electron chi connectivity index (χ0n) is 5.51. The summed E-state index contributed by atoms with van der Waals surface area (Å²) in [6, 6.07) is 0. The fraction of sp³-hybridized carbons (Fsp3) is 0.500. The summed E-state index contributed by atoms with van der Waals surface area (Å²) in [5, 5.41) is 35.3. The number of hydrogen-bond acceptors (Lipinski definition) is 5. The van der Waals surface area contributed by atoms with Gasteiger partial charge in [-0.2, -0.15) is 0 Å². The Bertz CT molecular complexity index is 209. The second kappa shape index (κ2) is 2.61. The molecule has 0 aliphatic heterocycles. The monoisotopic (exact) mass is 160 g/mol. The molecule has 4 N–H and O–H groups in total. The smallest absolute Gasteiger partial charge is 0.190 e. The van der Waals surface area contributed by atoms with Crippen molar-refractivity contribution in [3.8, 4) is 0 Å². The predicted molar refractivity (Wildman–Crippen MR) is 33.7 cm³/mol. The molecule has 1 rings (SSSR count). The van der Waals surface area contributed by atoms with Gasteiger partial charge in [-0.1, -0.05) is 0 Å². The second-order valence-corrected chi connectivity index (χ2v) is 2.35. The molecule has 0 radical (unpaired) electrons. The highest BCUT2D eigenvalue weighted by molar-refractivity contribution is 5.95. The van der Waals surface area contributed by atoms with E-state index in [0.29, 0.717) is 6.08 Å². The van der Waals surface area contributed by atoms with E-state index in [2.05, 4.69) is 0 Å². The Morgan fingerprint density at radius 1 is 1.18 bits per heavy atom. The van der Waals surface area contributed by atoms with E-state index in [9.17, 15) is 4.79 Å². The average molecular weight is 160 g/mol. The van der Waals surface area contributed by atoms with Crippen LogP contribution in [-0.4, -0.2) is 44.5 Å². The van der Waals surface area contributed by atoms with Crippen LogP contribution >= 0.6 is 0 Å². The predicted octanol–water partition coefficient (Wildman–Crippen LogP) is -1.91. The molecular formula is C6H8O5. The van der Waals surface area contributed by atoms with E-state index in [0.717, 1.165) is 0 Å². The molecule has 0 saturated heterocycles. The van der Waals surface area contributed by atoms with Gasteiger partial charge in [0.25, 0.3) is 0 Å². The third kappa shape index (κ3) is 1.25. The number of carbonyl (C=O) groups excluding carboxylic acids is 1. The Hall–Kier alpha value is -0.910. The number of rotatable bonds is 0. The lowest BCUT2D eigenvalue weighted by atomic mass is 9.96. The van der Waals surface area contributed by atoms with Gasteiger partial charge in [0.1, 0.15) is 24.1 Å². The number of carbonyl (C=O) groups is 1. The Kier molecular flexibility index (Phi) is 1.95. The van der Waals surface area contributed by atoms with Gasteiger partial charge in [0, 0.05) is 6.08 Å². The first-order chi connectivity index (χ1) is 5.04. The van der Waals surface area contributed by atoms with Gasteiger partial charge < -0.3 is 20.4 Å². The minimum absolute atomic E-state index is 0.618. The maximum absolute atomic E-state index is 10.6. The van der Waals surface area contributed by atoms with Crippen LogP contribution in [0.15, 0.2) is 11.8 Å². The Balaban J connectivity index is 2.92. The molecule has 0 aromatic heterocycles. The molecule has 11 heavy (non-hydrogen) atoms. The van der Waals surface area contributed by atoms with Crippen LogP contribution in [-0.2, 0) is 4.79 Å². The van der Waals surface area contributed by atoms with E-state index in [4.69, 9.17) is 20.4 Å². The molecule has 0 bridgehead atoms. The van der Waals surface area contributed by atoms with Crippen molar-refractivity contribution in [2.24, 2.45) is 0 Å². The molecule has 1 aliphatic carbocycles. The lowest BCUT2D eigenvalue weighted by molar-refractivity contribution is -0.136. The van der Waals surface area contributed by atoms with E-state index in [1.165, 1.54) is 0 Å². The number of aliphatic hydroxyl groups is 4. The Labute approximate surface area is 62.2 Å².